The summed E-state index contributed by atoms with van der Waals surface area (Å²) < 4.78 is 47.1. The number of halogens is 4. The predicted octanol–water partition coefficient (Wildman–Crippen LogP) is 5.06. The van der Waals surface area contributed by atoms with Crippen LogP contribution in [0, 0.1) is 12.7 Å². The monoisotopic (exact) mass is 501 g/mol. The summed E-state index contributed by atoms with van der Waals surface area (Å²) in [6.07, 6.45) is -0.792. The van der Waals surface area contributed by atoms with E-state index in [1.54, 1.807) is 19.1 Å². The highest BCUT2D eigenvalue weighted by Gasteiger charge is 2.21. The molecule has 12 heteroatoms. The summed E-state index contributed by atoms with van der Waals surface area (Å²) in [6.45, 7) is -0.182. The molecule has 0 amide bonds. The van der Waals surface area contributed by atoms with Gasteiger partial charge in [0.05, 0.1) is 0 Å². The van der Waals surface area contributed by atoms with Crippen LogP contribution in [0.4, 0.5) is 13.2 Å². The van der Waals surface area contributed by atoms with Crippen LogP contribution in [-0.4, -0.2) is 31.5 Å². The average Bonchev–Trinajstić information content (AvgIpc) is 3.04. The quantitative estimate of drug-likeness (QED) is 0.412. The maximum absolute atomic E-state index is 14.7. The molecule has 1 N–H and O–H groups in total. The first-order valence-electron chi connectivity index (χ1n) is 9.69. The molecule has 0 aliphatic heterocycles. The second kappa shape index (κ2) is 10.3. The molecule has 0 saturated carbocycles. The van der Waals surface area contributed by atoms with E-state index in [0.29, 0.717) is 31.7 Å². The molecule has 3 aromatic rings. The van der Waals surface area contributed by atoms with Crippen molar-refractivity contribution in [2.75, 3.05) is 0 Å². The van der Waals surface area contributed by atoms with E-state index < -0.39 is 30.1 Å². The van der Waals surface area contributed by atoms with Crippen molar-refractivity contribution in [3.63, 3.8) is 0 Å². The molecule has 0 radical (unpaired) electrons. The molecule has 1 unspecified atom stereocenters. The first kappa shape index (κ1) is 24.7. The highest BCUT2D eigenvalue weighted by molar-refractivity contribution is 7.98. The summed E-state index contributed by atoms with van der Waals surface area (Å²) in [5, 5.41) is 13.3. The zero-order chi connectivity index (χ0) is 24.3. The number of aryl methyl sites for hydroxylation is 1. The first-order valence-corrected chi connectivity index (χ1v) is 11.1. The van der Waals surface area contributed by atoms with E-state index in [9.17, 15) is 27.9 Å². The second-order valence-corrected chi connectivity index (χ2v) is 8.38. The number of rotatable bonds is 9. The van der Waals surface area contributed by atoms with Crippen molar-refractivity contribution >= 4 is 29.3 Å². The number of carboxylic acid groups (broad SMARTS) is 1. The van der Waals surface area contributed by atoms with Gasteiger partial charge in [-0.2, -0.15) is 13.5 Å². The minimum absolute atomic E-state index is 0.171. The molecule has 0 aliphatic carbocycles. The van der Waals surface area contributed by atoms with E-state index in [-0.39, 0.29) is 22.5 Å². The number of benzene rings is 2. The fraction of sp³-hybridized carbons (Fsp3) is 0.286. The molecular weight excluding hydrogens is 483 g/mol. The number of nitrogens with zero attached hydrogens (tertiary/aromatic N) is 3. The number of aliphatic carboxylic acids is 1. The van der Waals surface area contributed by atoms with Crippen LogP contribution in [0.2, 0.25) is 5.02 Å². The number of alkyl halides is 2. The van der Waals surface area contributed by atoms with Gasteiger partial charge in [-0.05, 0) is 43.7 Å². The summed E-state index contributed by atoms with van der Waals surface area (Å²) in [7, 11) is 0. The zero-order valence-electron chi connectivity index (χ0n) is 17.5. The molecule has 33 heavy (non-hydrogen) atoms. The Balaban J connectivity index is 1.82. The maximum Gasteiger partial charge on any atom is 0.355 e. The van der Waals surface area contributed by atoms with Gasteiger partial charge in [-0.3, -0.25) is 0 Å². The summed E-state index contributed by atoms with van der Waals surface area (Å²) in [6, 6.07) is 8.78. The maximum atomic E-state index is 14.7. The number of aromatic nitrogens is 3. The minimum atomic E-state index is -3.09. The Morgan fingerprint density at radius 1 is 1.27 bits per heavy atom. The zero-order valence-corrected chi connectivity index (χ0v) is 19.0. The van der Waals surface area contributed by atoms with Crippen LogP contribution in [0.5, 0.6) is 5.75 Å². The predicted molar refractivity (Wildman–Crippen MR) is 117 cm³/mol. The first-order chi connectivity index (χ1) is 15.6. The number of ether oxygens (including phenoxy) is 1. The number of thioether (sulfide) groups is 1. The van der Waals surface area contributed by atoms with Crippen molar-refractivity contribution in [3.05, 3.63) is 69.1 Å². The van der Waals surface area contributed by atoms with Crippen LogP contribution >= 0.6 is 23.4 Å². The average molecular weight is 502 g/mol. The molecule has 2 aromatic carbocycles. The Kier molecular flexibility index (Phi) is 7.75. The molecule has 0 aliphatic rings. The molecule has 1 aromatic heterocycles. The van der Waals surface area contributed by atoms with Crippen molar-refractivity contribution in [3.8, 4) is 11.4 Å². The number of hydrogen-bond acceptors (Lipinski definition) is 5. The minimum Gasteiger partial charge on any atom is -0.479 e. The fourth-order valence-corrected chi connectivity index (χ4v) is 4.06. The van der Waals surface area contributed by atoms with Crippen LogP contribution in [-0.2, 0) is 10.5 Å². The van der Waals surface area contributed by atoms with Gasteiger partial charge in [0.1, 0.15) is 23.1 Å². The summed E-state index contributed by atoms with van der Waals surface area (Å²) in [5.41, 5.74) is -0.751. The molecular formula is C21H19ClF3N3O4S. The van der Waals surface area contributed by atoms with Crippen LogP contribution in [0.25, 0.3) is 5.69 Å². The van der Waals surface area contributed by atoms with Crippen molar-refractivity contribution in [1.29, 1.82) is 0 Å². The SMILES string of the molecule is CCC(Oc1cc(Cl)ccc1CSc1ccc(-n2nc(C)n(C(F)F)c2=O)c(F)c1)C(=O)O. The van der Waals surface area contributed by atoms with Gasteiger partial charge in [0.15, 0.2) is 6.10 Å². The van der Waals surface area contributed by atoms with E-state index in [1.165, 1.54) is 36.9 Å². The van der Waals surface area contributed by atoms with Gasteiger partial charge < -0.3 is 9.84 Å². The van der Waals surface area contributed by atoms with Gasteiger partial charge in [-0.15, -0.1) is 16.9 Å². The van der Waals surface area contributed by atoms with Crippen LogP contribution in [0.1, 0.15) is 31.3 Å². The topological polar surface area (TPSA) is 86.4 Å². The molecule has 0 bridgehead atoms. The van der Waals surface area contributed by atoms with E-state index in [0.717, 1.165) is 6.07 Å². The lowest BCUT2D eigenvalue weighted by Crippen LogP contribution is -2.26. The molecule has 0 saturated heterocycles. The Bertz CT molecular complexity index is 1230. The highest BCUT2D eigenvalue weighted by Crippen LogP contribution is 2.32. The number of hydrogen-bond donors (Lipinski definition) is 1. The van der Waals surface area contributed by atoms with Crippen LogP contribution < -0.4 is 10.4 Å². The van der Waals surface area contributed by atoms with Crippen molar-refractivity contribution in [1.82, 2.24) is 14.3 Å². The molecule has 176 valence electrons. The molecule has 0 spiro atoms. The second-order valence-electron chi connectivity index (χ2n) is 6.90. The lowest BCUT2D eigenvalue weighted by atomic mass is 10.2. The molecule has 0 fully saturated rings. The molecule has 7 nitrogen and oxygen atoms in total. The normalized spacial score (nSPS) is 12.2. The smallest absolute Gasteiger partial charge is 0.355 e. The third kappa shape index (κ3) is 5.53. The number of carbonyl (C=O) groups is 1. The third-order valence-corrected chi connectivity index (χ3v) is 5.94. The number of carboxylic acids is 1. The van der Waals surface area contributed by atoms with Gasteiger partial charge in [-0.1, -0.05) is 24.6 Å². The van der Waals surface area contributed by atoms with Crippen molar-refractivity contribution in [2.24, 2.45) is 0 Å². The lowest BCUT2D eigenvalue weighted by molar-refractivity contribution is -0.145. The Hall–Kier alpha value is -2.92. The van der Waals surface area contributed by atoms with E-state index in [4.69, 9.17) is 16.3 Å². The van der Waals surface area contributed by atoms with Gasteiger partial charge in [0.25, 0.3) is 0 Å². The Labute approximate surface area is 195 Å². The molecule has 1 heterocycles. The Morgan fingerprint density at radius 3 is 2.58 bits per heavy atom. The van der Waals surface area contributed by atoms with Crippen molar-refractivity contribution < 1.29 is 27.8 Å². The van der Waals surface area contributed by atoms with Gasteiger partial charge in [0, 0.05) is 21.2 Å². The van der Waals surface area contributed by atoms with Crippen LogP contribution in [0.15, 0.2) is 46.1 Å². The third-order valence-electron chi connectivity index (χ3n) is 4.66. The van der Waals surface area contributed by atoms with Gasteiger partial charge in [-0.25, -0.2) is 18.5 Å². The summed E-state index contributed by atoms with van der Waals surface area (Å²) in [4.78, 5) is 23.9. The standard InChI is InChI=1S/C21H19ClF3N3O4S/c1-3-17(19(29)30)32-18-8-13(22)5-4-12(18)10-33-14-6-7-16(15(23)9-14)28-21(31)27(20(24)25)11(2)26-28/h4-9,17,20H,3,10H2,1-2H3,(H,29,30). The van der Waals surface area contributed by atoms with Crippen molar-refractivity contribution in [2.45, 2.75) is 43.6 Å². The largest absolute Gasteiger partial charge is 0.479 e. The molecule has 1 atom stereocenters. The lowest BCUT2D eigenvalue weighted by Gasteiger charge is -2.17. The van der Waals surface area contributed by atoms with E-state index in [2.05, 4.69) is 5.10 Å². The fourth-order valence-electron chi connectivity index (χ4n) is 2.99. The highest BCUT2D eigenvalue weighted by atomic mass is 35.5. The van der Waals surface area contributed by atoms with E-state index in [1.807, 2.05) is 0 Å². The van der Waals surface area contributed by atoms with Gasteiger partial charge in [0.2, 0.25) is 0 Å². The van der Waals surface area contributed by atoms with E-state index >= 15 is 0 Å². The summed E-state index contributed by atoms with van der Waals surface area (Å²) >= 11 is 7.24. The summed E-state index contributed by atoms with van der Waals surface area (Å²) in [5.74, 6) is -1.55. The molecule has 3 rings (SSSR count). The van der Waals surface area contributed by atoms with Gasteiger partial charge >= 0.3 is 18.2 Å². The van der Waals surface area contributed by atoms with Crippen LogP contribution in [0.3, 0.4) is 0 Å². The Morgan fingerprint density at radius 2 is 2.00 bits per heavy atom.